The third-order valence-electron chi connectivity index (χ3n) is 4.62. The van der Waals surface area contributed by atoms with E-state index in [-0.39, 0.29) is 17.9 Å². The van der Waals surface area contributed by atoms with Crippen LogP contribution in [0, 0.1) is 5.41 Å². The van der Waals surface area contributed by atoms with Crippen LogP contribution < -0.4 is 9.04 Å². The molecule has 0 aliphatic carbocycles. The smallest absolute Gasteiger partial charge is 0.265 e. The number of hydrogen-bond donors (Lipinski definition) is 0. The summed E-state index contributed by atoms with van der Waals surface area (Å²) >= 11 is 0. The minimum Gasteiger partial charge on any atom is -0.476 e. The summed E-state index contributed by atoms with van der Waals surface area (Å²) in [4.78, 5) is 14.7. The molecule has 132 valence electrons. The highest BCUT2D eigenvalue weighted by Gasteiger charge is 2.39. The standard InChI is InChI=1S/C17H24N2O4S/c1-17(2)9-6-10-18(12-17)16(20)15-11-19(24(3,21)22)13-7-4-5-8-14(13)23-15/h4-5,7-8,15H,6,9-12H2,1-3H3/t15-/m1/s1. The Morgan fingerprint density at radius 3 is 2.67 bits per heavy atom. The molecule has 3 rings (SSSR count). The minimum atomic E-state index is -3.48. The number of amides is 1. The molecule has 1 fully saturated rings. The molecule has 1 aromatic carbocycles. The van der Waals surface area contributed by atoms with Gasteiger partial charge in [-0.2, -0.15) is 0 Å². The van der Waals surface area contributed by atoms with Gasteiger partial charge >= 0.3 is 0 Å². The zero-order valence-electron chi connectivity index (χ0n) is 14.4. The Balaban J connectivity index is 1.86. The van der Waals surface area contributed by atoms with Crippen LogP contribution in [0.5, 0.6) is 5.75 Å². The predicted molar refractivity (Wildman–Crippen MR) is 92.6 cm³/mol. The maximum absolute atomic E-state index is 12.9. The van der Waals surface area contributed by atoms with Gasteiger partial charge in [-0.1, -0.05) is 26.0 Å². The lowest BCUT2D eigenvalue weighted by atomic mass is 9.84. The van der Waals surface area contributed by atoms with Crippen LogP contribution in [0.15, 0.2) is 24.3 Å². The van der Waals surface area contributed by atoms with Gasteiger partial charge in [-0.25, -0.2) is 8.42 Å². The van der Waals surface area contributed by atoms with Crippen molar-refractivity contribution in [3.63, 3.8) is 0 Å². The Morgan fingerprint density at radius 2 is 2.00 bits per heavy atom. The first kappa shape index (κ1) is 17.1. The normalized spacial score (nSPS) is 23.4. The van der Waals surface area contributed by atoms with Gasteiger partial charge in [0.15, 0.2) is 6.10 Å². The molecule has 1 atom stereocenters. The molecule has 0 aromatic heterocycles. The molecule has 1 aromatic rings. The lowest BCUT2D eigenvalue weighted by Crippen LogP contribution is -2.54. The number of ether oxygens (including phenoxy) is 1. The fourth-order valence-electron chi connectivity index (χ4n) is 3.46. The Hall–Kier alpha value is -1.76. The topological polar surface area (TPSA) is 66.9 Å². The number of benzene rings is 1. The molecule has 2 aliphatic rings. The number of rotatable bonds is 2. The van der Waals surface area contributed by atoms with Crippen LogP contribution in [0.2, 0.25) is 0 Å². The van der Waals surface area contributed by atoms with Gasteiger partial charge in [0.1, 0.15) is 5.75 Å². The average molecular weight is 352 g/mol. The van der Waals surface area contributed by atoms with Gasteiger partial charge in [0.2, 0.25) is 10.0 Å². The van der Waals surface area contributed by atoms with Crippen molar-refractivity contribution < 1.29 is 17.9 Å². The minimum absolute atomic E-state index is 0.0195. The van der Waals surface area contributed by atoms with Crippen molar-refractivity contribution in [2.24, 2.45) is 5.41 Å². The molecule has 2 aliphatic heterocycles. The van der Waals surface area contributed by atoms with E-state index in [1.54, 1.807) is 24.3 Å². The quantitative estimate of drug-likeness (QED) is 0.815. The van der Waals surface area contributed by atoms with Crippen molar-refractivity contribution >= 4 is 21.6 Å². The first-order chi connectivity index (χ1) is 11.2. The van der Waals surface area contributed by atoms with Gasteiger partial charge in [0.05, 0.1) is 18.5 Å². The number of nitrogens with zero attached hydrogens (tertiary/aromatic N) is 2. The third kappa shape index (κ3) is 3.36. The summed E-state index contributed by atoms with van der Waals surface area (Å²) < 4.78 is 31.4. The van der Waals surface area contributed by atoms with E-state index < -0.39 is 16.1 Å². The van der Waals surface area contributed by atoms with Gasteiger partial charge in [0.25, 0.3) is 5.91 Å². The van der Waals surface area contributed by atoms with Gasteiger partial charge in [0, 0.05) is 13.1 Å². The average Bonchev–Trinajstić information content (AvgIpc) is 2.51. The maximum Gasteiger partial charge on any atom is 0.265 e. The molecule has 0 bridgehead atoms. The van der Waals surface area contributed by atoms with E-state index in [1.807, 2.05) is 4.90 Å². The number of carbonyl (C=O) groups excluding carboxylic acids is 1. The van der Waals surface area contributed by atoms with E-state index in [4.69, 9.17) is 4.74 Å². The van der Waals surface area contributed by atoms with Gasteiger partial charge < -0.3 is 9.64 Å². The lowest BCUT2D eigenvalue weighted by molar-refractivity contribution is -0.141. The Morgan fingerprint density at radius 1 is 1.29 bits per heavy atom. The number of hydrogen-bond acceptors (Lipinski definition) is 4. The first-order valence-corrected chi connectivity index (χ1v) is 10.0. The Bertz CT molecular complexity index is 745. The van der Waals surface area contributed by atoms with Crippen molar-refractivity contribution in [1.82, 2.24) is 4.90 Å². The number of para-hydroxylation sites is 2. The van der Waals surface area contributed by atoms with Crippen LogP contribution >= 0.6 is 0 Å². The molecule has 2 heterocycles. The summed E-state index contributed by atoms with van der Waals surface area (Å²) in [5.74, 6) is 0.301. The zero-order chi connectivity index (χ0) is 17.5. The number of sulfonamides is 1. The lowest BCUT2D eigenvalue weighted by Gasteiger charge is -2.41. The van der Waals surface area contributed by atoms with Crippen LogP contribution in [0.25, 0.3) is 0 Å². The first-order valence-electron chi connectivity index (χ1n) is 8.20. The fraction of sp³-hybridized carbons (Fsp3) is 0.588. The largest absolute Gasteiger partial charge is 0.476 e. The van der Waals surface area contributed by atoms with Crippen LogP contribution in [-0.2, 0) is 14.8 Å². The Labute approximate surface area is 143 Å². The third-order valence-corrected chi connectivity index (χ3v) is 5.77. The summed E-state index contributed by atoms with van der Waals surface area (Å²) in [6.07, 6.45) is 2.39. The van der Waals surface area contributed by atoms with E-state index in [9.17, 15) is 13.2 Å². The molecule has 6 nitrogen and oxygen atoms in total. The molecular formula is C17H24N2O4S. The zero-order valence-corrected chi connectivity index (χ0v) is 15.2. The summed E-state index contributed by atoms with van der Waals surface area (Å²) in [6, 6.07) is 6.93. The SMILES string of the molecule is CC1(C)CCCN(C(=O)[C@H]2CN(S(C)(=O)=O)c3ccccc3O2)C1. The molecule has 0 N–H and O–H groups in total. The second kappa shape index (κ2) is 5.95. The second-order valence-electron chi connectivity index (χ2n) is 7.40. The molecule has 0 unspecified atom stereocenters. The van der Waals surface area contributed by atoms with Crippen LogP contribution in [0.3, 0.4) is 0 Å². The monoisotopic (exact) mass is 352 g/mol. The molecule has 0 spiro atoms. The predicted octanol–water partition coefficient (Wildman–Crippen LogP) is 1.86. The molecular weight excluding hydrogens is 328 g/mol. The highest BCUT2D eigenvalue weighted by atomic mass is 32.2. The summed E-state index contributed by atoms with van der Waals surface area (Å²) in [5.41, 5.74) is 0.569. The molecule has 1 amide bonds. The number of anilines is 1. The molecule has 0 radical (unpaired) electrons. The van der Waals surface area contributed by atoms with Gasteiger partial charge in [-0.15, -0.1) is 0 Å². The van der Waals surface area contributed by atoms with Crippen molar-refractivity contribution in [3.8, 4) is 5.75 Å². The summed E-state index contributed by atoms with van der Waals surface area (Å²) in [5, 5.41) is 0. The summed E-state index contributed by atoms with van der Waals surface area (Å²) in [7, 11) is -3.48. The van der Waals surface area contributed by atoms with E-state index in [2.05, 4.69) is 13.8 Å². The van der Waals surface area contributed by atoms with Crippen LogP contribution in [0.1, 0.15) is 26.7 Å². The fourth-order valence-corrected chi connectivity index (χ4v) is 4.37. The Kier molecular flexibility index (Phi) is 4.23. The number of piperidine rings is 1. The van der Waals surface area contributed by atoms with E-state index >= 15 is 0 Å². The highest BCUT2D eigenvalue weighted by Crippen LogP contribution is 2.36. The molecule has 7 heteroatoms. The number of likely N-dealkylation sites (tertiary alicyclic amines) is 1. The maximum atomic E-state index is 12.9. The van der Waals surface area contributed by atoms with Crippen LogP contribution in [0.4, 0.5) is 5.69 Å². The molecule has 0 saturated carbocycles. The van der Waals surface area contributed by atoms with Crippen LogP contribution in [-0.4, -0.2) is 51.2 Å². The van der Waals surface area contributed by atoms with E-state index in [0.29, 0.717) is 24.5 Å². The molecule has 24 heavy (non-hydrogen) atoms. The number of carbonyl (C=O) groups is 1. The van der Waals surface area contributed by atoms with E-state index in [1.165, 1.54) is 4.31 Å². The van der Waals surface area contributed by atoms with Crippen molar-refractivity contribution in [3.05, 3.63) is 24.3 Å². The van der Waals surface area contributed by atoms with E-state index in [0.717, 1.165) is 19.1 Å². The summed E-state index contributed by atoms with van der Waals surface area (Å²) in [6.45, 7) is 5.68. The van der Waals surface area contributed by atoms with Gasteiger partial charge in [-0.3, -0.25) is 9.10 Å². The second-order valence-corrected chi connectivity index (χ2v) is 9.30. The number of fused-ring (bicyclic) bond motifs is 1. The van der Waals surface area contributed by atoms with Gasteiger partial charge in [-0.05, 0) is 30.4 Å². The van der Waals surface area contributed by atoms with Crippen molar-refractivity contribution in [2.45, 2.75) is 32.8 Å². The van der Waals surface area contributed by atoms with Crippen molar-refractivity contribution in [1.29, 1.82) is 0 Å². The molecule has 1 saturated heterocycles. The van der Waals surface area contributed by atoms with Crippen molar-refractivity contribution in [2.75, 3.05) is 30.2 Å². The highest BCUT2D eigenvalue weighted by molar-refractivity contribution is 7.92.